The number of pyridine rings is 1. The van der Waals surface area contributed by atoms with Gasteiger partial charge in [-0.15, -0.1) is 0 Å². The number of halogens is 1. The summed E-state index contributed by atoms with van der Waals surface area (Å²) < 4.78 is 15.2. The summed E-state index contributed by atoms with van der Waals surface area (Å²) in [5.74, 6) is -2.33. The molecule has 0 atom stereocenters. The van der Waals surface area contributed by atoms with E-state index in [0.29, 0.717) is 12.0 Å². The molecule has 4 rings (SSSR count). The van der Waals surface area contributed by atoms with Crippen LogP contribution in [0.2, 0.25) is 0 Å². The van der Waals surface area contributed by atoms with Crippen LogP contribution in [0.4, 0.5) is 4.39 Å². The molecule has 2 aromatic heterocycles. The molecule has 0 amide bonds. The molecular weight excluding hydrogens is 377 g/mol. The topological polar surface area (TPSA) is 102 Å². The van der Waals surface area contributed by atoms with E-state index in [9.17, 15) is 23.9 Å². The van der Waals surface area contributed by atoms with E-state index < -0.39 is 34.2 Å². The second-order valence-corrected chi connectivity index (χ2v) is 6.81. The number of allylic oxidation sites excluding steroid dienone is 2. The van der Waals surface area contributed by atoms with Crippen molar-refractivity contribution in [2.45, 2.75) is 26.2 Å². The smallest absolute Gasteiger partial charge is 0.286 e. The summed E-state index contributed by atoms with van der Waals surface area (Å²) in [5, 5.41) is 10.1. The van der Waals surface area contributed by atoms with Crippen molar-refractivity contribution in [1.82, 2.24) is 14.5 Å². The third kappa shape index (κ3) is 3.12. The fraction of sp³-hybridized carbons (Fsp3) is 0.190. The number of ketones is 2. The van der Waals surface area contributed by atoms with E-state index in [1.54, 1.807) is 19.1 Å². The molecule has 8 heteroatoms. The summed E-state index contributed by atoms with van der Waals surface area (Å²) in [6.07, 6.45) is 2.17. The van der Waals surface area contributed by atoms with Crippen molar-refractivity contribution in [2.24, 2.45) is 0 Å². The number of carbonyl (C=O) groups is 2. The number of fused-ring (bicyclic) bond motifs is 1. The maximum Gasteiger partial charge on any atom is 0.286 e. The lowest BCUT2D eigenvalue weighted by Gasteiger charge is -2.15. The first kappa shape index (κ1) is 18.7. The van der Waals surface area contributed by atoms with Crippen LogP contribution in [-0.4, -0.2) is 31.2 Å². The van der Waals surface area contributed by atoms with Crippen molar-refractivity contribution < 1.29 is 19.1 Å². The molecule has 0 unspecified atom stereocenters. The van der Waals surface area contributed by atoms with Gasteiger partial charge >= 0.3 is 0 Å². The molecule has 0 radical (unpaired) electrons. The summed E-state index contributed by atoms with van der Waals surface area (Å²) in [5.41, 5.74) is -0.846. The second kappa shape index (κ2) is 7.05. The SMILES string of the molecule is Cc1ccc(-n2c(=O)c(C(=O)C3=C(O)CCCC3=O)nc3cccnc32)cc1F. The molecule has 0 spiro atoms. The quantitative estimate of drug-likeness (QED) is 0.542. The average Bonchev–Trinajstić information content (AvgIpc) is 2.69. The minimum atomic E-state index is -0.940. The van der Waals surface area contributed by atoms with Crippen molar-refractivity contribution >= 4 is 22.7 Å². The minimum Gasteiger partial charge on any atom is -0.511 e. The largest absolute Gasteiger partial charge is 0.511 e. The molecular formula is C21H16FN3O4. The van der Waals surface area contributed by atoms with Gasteiger partial charge in [-0.1, -0.05) is 6.07 Å². The number of hydrogen-bond acceptors (Lipinski definition) is 6. The zero-order chi connectivity index (χ0) is 20.7. The van der Waals surface area contributed by atoms with Gasteiger partial charge in [0.05, 0.1) is 5.69 Å². The monoisotopic (exact) mass is 393 g/mol. The molecule has 0 fully saturated rings. The van der Waals surface area contributed by atoms with Crippen LogP contribution < -0.4 is 5.56 Å². The molecule has 2 heterocycles. The highest BCUT2D eigenvalue weighted by atomic mass is 19.1. The number of carbonyl (C=O) groups excluding carboxylic acids is 2. The molecule has 1 N–H and O–H groups in total. The predicted octanol–water partition coefficient (Wildman–Crippen LogP) is 2.98. The van der Waals surface area contributed by atoms with E-state index in [0.717, 1.165) is 4.57 Å². The van der Waals surface area contributed by atoms with Crippen molar-refractivity contribution in [3.63, 3.8) is 0 Å². The summed E-state index contributed by atoms with van der Waals surface area (Å²) in [7, 11) is 0. The number of aliphatic hydroxyl groups is 1. The zero-order valence-electron chi connectivity index (χ0n) is 15.5. The number of aryl methyl sites for hydroxylation is 1. The highest BCUT2D eigenvalue weighted by Gasteiger charge is 2.31. The molecule has 1 aliphatic rings. The van der Waals surface area contributed by atoms with Crippen LogP contribution in [0, 0.1) is 12.7 Å². The van der Waals surface area contributed by atoms with Crippen molar-refractivity contribution in [3.05, 3.63) is 75.3 Å². The van der Waals surface area contributed by atoms with E-state index in [-0.39, 0.29) is 35.5 Å². The summed E-state index contributed by atoms with van der Waals surface area (Å²) in [6.45, 7) is 1.59. The van der Waals surface area contributed by atoms with Crippen molar-refractivity contribution in [2.75, 3.05) is 0 Å². The lowest BCUT2D eigenvalue weighted by molar-refractivity contribution is -0.116. The Morgan fingerprint density at radius 1 is 1.21 bits per heavy atom. The number of benzene rings is 1. The van der Waals surface area contributed by atoms with E-state index in [4.69, 9.17) is 0 Å². The number of aliphatic hydroxyl groups excluding tert-OH is 1. The van der Waals surface area contributed by atoms with Gasteiger partial charge in [0.1, 0.15) is 22.7 Å². The van der Waals surface area contributed by atoms with Crippen LogP contribution in [0.5, 0.6) is 0 Å². The number of rotatable bonds is 3. The maximum atomic E-state index is 14.1. The van der Waals surface area contributed by atoms with Crippen LogP contribution in [0.15, 0.2) is 52.7 Å². The van der Waals surface area contributed by atoms with Gasteiger partial charge in [-0.05, 0) is 43.2 Å². The Bertz CT molecular complexity index is 1280. The van der Waals surface area contributed by atoms with Gasteiger partial charge in [-0.3, -0.25) is 19.0 Å². The molecule has 7 nitrogen and oxygen atoms in total. The highest BCUT2D eigenvalue weighted by molar-refractivity contribution is 6.26. The van der Waals surface area contributed by atoms with Crippen LogP contribution in [-0.2, 0) is 4.79 Å². The molecule has 0 aliphatic heterocycles. The van der Waals surface area contributed by atoms with Gasteiger partial charge in [0, 0.05) is 19.0 Å². The maximum absolute atomic E-state index is 14.1. The average molecular weight is 393 g/mol. The van der Waals surface area contributed by atoms with E-state index in [2.05, 4.69) is 9.97 Å². The summed E-state index contributed by atoms with van der Waals surface area (Å²) in [6, 6.07) is 7.34. The predicted molar refractivity (Wildman–Crippen MR) is 103 cm³/mol. The van der Waals surface area contributed by atoms with E-state index in [1.807, 2.05) is 0 Å². The molecule has 0 bridgehead atoms. The van der Waals surface area contributed by atoms with Gasteiger partial charge in [0.15, 0.2) is 17.1 Å². The normalized spacial score (nSPS) is 14.5. The first-order valence-electron chi connectivity index (χ1n) is 9.03. The Kier molecular flexibility index (Phi) is 4.54. The first-order chi connectivity index (χ1) is 13.9. The van der Waals surface area contributed by atoms with Gasteiger partial charge in [-0.2, -0.15) is 0 Å². The number of hydrogen-bond donors (Lipinski definition) is 1. The highest BCUT2D eigenvalue weighted by Crippen LogP contribution is 2.23. The van der Waals surface area contributed by atoms with Crippen LogP contribution >= 0.6 is 0 Å². The Morgan fingerprint density at radius 3 is 2.72 bits per heavy atom. The fourth-order valence-corrected chi connectivity index (χ4v) is 3.33. The molecule has 29 heavy (non-hydrogen) atoms. The van der Waals surface area contributed by atoms with Gasteiger partial charge in [0.25, 0.3) is 5.56 Å². The standard InChI is InChI=1S/C21H16FN3O4/c1-11-7-8-12(10-13(11)22)25-20-14(4-3-9-23-20)24-18(21(25)29)19(28)17-15(26)5-2-6-16(17)27/h3-4,7-10,26H,2,5-6H2,1H3. The Hall–Kier alpha value is -3.68. The van der Waals surface area contributed by atoms with Crippen molar-refractivity contribution in [3.8, 4) is 5.69 Å². The second-order valence-electron chi connectivity index (χ2n) is 6.81. The third-order valence-electron chi connectivity index (χ3n) is 4.86. The molecule has 1 aliphatic carbocycles. The lowest BCUT2D eigenvalue weighted by Crippen LogP contribution is -2.31. The Labute approximate surface area is 164 Å². The number of Topliss-reactive ketones (excluding diaryl/α,β-unsaturated/α-hetero) is 2. The van der Waals surface area contributed by atoms with Crippen LogP contribution in [0.25, 0.3) is 16.9 Å². The van der Waals surface area contributed by atoms with Gasteiger partial charge < -0.3 is 5.11 Å². The lowest BCUT2D eigenvalue weighted by atomic mass is 9.92. The van der Waals surface area contributed by atoms with Gasteiger partial charge in [-0.25, -0.2) is 14.4 Å². The summed E-state index contributed by atoms with van der Waals surface area (Å²) in [4.78, 5) is 46.6. The molecule has 1 aromatic carbocycles. The summed E-state index contributed by atoms with van der Waals surface area (Å²) >= 11 is 0. The molecule has 0 saturated heterocycles. The molecule has 146 valence electrons. The Balaban J connectivity index is 2.01. The van der Waals surface area contributed by atoms with E-state index >= 15 is 0 Å². The minimum absolute atomic E-state index is 0.109. The molecule has 3 aromatic rings. The number of nitrogens with zero attached hydrogens (tertiary/aromatic N) is 3. The fourth-order valence-electron chi connectivity index (χ4n) is 3.33. The van der Waals surface area contributed by atoms with Crippen LogP contribution in [0.3, 0.4) is 0 Å². The third-order valence-corrected chi connectivity index (χ3v) is 4.86. The first-order valence-corrected chi connectivity index (χ1v) is 9.03. The molecule has 0 saturated carbocycles. The number of aromatic nitrogens is 3. The van der Waals surface area contributed by atoms with E-state index in [1.165, 1.54) is 24.4 Å². The van der Waals surface area contributed by atoms with Crippen molar-refractivity contribution in [1.29, 1.82) is 0 Å². The van der Waals surface area contributed by atoms with Gasteiger partial charge in [0.2, 0.25) is 5.78 Å². The Morgan fingerprint density at radius 2 is 2.00 bits per heavy atom. The van der Waals surface area contributed by atoms with Crippen LogP contribution in [0.1, 0.15) is 35.3 Å². The zero-order valence-corrected chi connectivity index (χ0v) is 15.5.